The van der Waals surface area contributed by atoms with E-state index in [4.69, 9.17) is 0 Å². The highest BCUT2D eigenvalue weighted by Crippen LogP contribution is 2.19. The number of aryl methyl sites for hydroxylation is 1. The number of thioether (sulfide) groups is 1. The smallest absolute Gasteiger partial charge is 0.243 e. The first kappa shape index (κ1) is 19.4. The van der Waals surface area contributed by atoms with Crippen LogP contribution in [0.4, 0.5) is 5.69 Å². The van der Waals surface area contributed by atoms with E-state index >= 15 is 0 Å². The number of rotatable bonds is 7. The molecule has 1 aromatic heterocycles. The fraction of sp³-hybridized carbons (Fsp3) is 0.400. The summed E-state index contributed by atoms with van der Waals surface area (Å²) in [6.45, 7) is 3.61. The summed E-state index contributed by atoms with van der Waals surface area (Å²) in [5, 5.41) is 11.0. The van der Waals surface area contributed by atoms with Crippen LogP contribution in [0.25, 0.3) is 0 Å². The second-order valence-electron chi connectivity index (χ2n) is 5.70. The Morgan fingerprint density at radius 1 is 1.32 bits per heavy atom. The number of amides is 1. The number of carbonyl (C=O) groups is 1. The van der Waals surface area contributed by atoms with E-state index in [0.717, 1.165) is 0 Å². The first-order valence-corrected chi connectivity index (χ1v) is 9.99. The average Bonchev–Trinajstić information content (AvgIpc) is 2.97. The van der Waals surface area contributed by atoms with Crippen LogP contribution in [-0.4, -0.2) is 52.2 Å². The first-order chi connectivity index (χ1) is 11.7. The number of anilines is 1. The number of aromatic nitrogens is 3. The van der Waals surface area contributed by atoms with Crippen molar-refractivity contribution in [3.63, 3.8) is 0 Å². The van der Waals surface area contributed by atoms with Crippen molar-refractivity contribution in [1.82, 2.24) is 19.1 Å². The highest BCUT2D eigenvalue weighted by molar-refractivity contribution is 7.99. The number of hydrogen-bond acceptors (Lipinski definition) is 6. The van der Waals surface area contributed by atoms with Crippen LogP contribution < -0.4 is 5.32 Å². The maximum absolute atomic E-state index is 12.4. The molecule has 0 radical (unpaired) electrons. The van der Waals surface area contributed by atoms with Crippen molar-refractivity contribution in [3.8, 4) is 0 Å². The monoisotopic (exact) mass is 383 g/mol. The van der Waals surface area contributed by atoms with E-state index in [2.05, 4.69) is 15.5 Å². The summed E-state index contributed by atoms with van der Waals surface area (Å²) in [4.78, 5) is 12.2. The molecule has 0 unspecified atom stereocenters. The molecule has 1 heterocycles. The number of nitrogens with zero attached hydrogens (tertiary/aromatic N) is 4. The minimum Gasteiger partial charge on any atom is -0.325 e. The topological polar surface area (TPSA) is 97.2 Å². The molecule has 0 bridgehead atoms. The molecule has 1 N–H and O–H groups in total. The minimum atomic E-state index is -3.53. The van der Waals surface area contributed by atoms with E-state index in [-0.39, 0.29) is 22.6 Å². The van der Waals surface area contributed by atoms with Gasteiger partial charge in [0.15, 0.2) is 5.16 Å². The number of carbonyl (C=O) groups excluding carboxylic acids is 1. The average molecular weight is 383 g/mol. The van der Waals surface area contributed by atoms with Gasteiger partial charge in [-0.25, -0.2) is 8.42 Å². The van der Waals surface area contributed by atoms with Gasteiger partial charge in [-0.3, -0.25) is 4.79 Å². The van der Waals surface area contributed by atoms with Gasteiger partial charge in [0.2, 0.25) is 15.9 Å². The molecule has 2 rings (SSSR count). The lowest BCUT2D eigenvalue weighted by molar-refractivity contribution is -0.113. The number of benzene rings is 1. The van der Waals surface area contributed by atoms with E-state index in [0.29, 0.717) is 10.8 Å². The largest absolute Gasteiger partial charge is 0.325 e. The lowest BCUT2D eigenvalue weighted by Crippen LogP contribution is -2.33. The van der Waals surface area contributed by atoms with Crippen LogP contribution in [0.2, 0.25) is 0 Å². The second-order valence-corrected chi connectivity index (χ2v) is 8.64. The fourth-order valence-corrected chi connectivity index (χ4v) is 3.94. The molecule has 0 fully saturated rings. The third kappa shape index (κ3) is 4.80. The second kappa shape index (κ2) is 7.98. The Hall–Kier alpha value is -1.91. The SMILES string of the molecule is CC(C)N(C)S(=O)(=O)c1ccc(NC(=O)CSc2nncn2C)cc1. The van der Waals surface area contributed by atoms with Crippen LogP contribution >= 0.6 is 11.8 Å². The van der Waals surface area contributed by atoms with Gasteiger partial charge in [0.1, 0.15) is 6.33 Å². The third-order valence-corrected chi connectivity index (χ3v) is 6.63. The molecular weight excluding hydrogens is 362 g/mol. The summed E-state index contributed by atoms with van der Waals surface area (Å²) >= 11 is 1.27. The van der Waals surface area contributed by atoms with E-state index in [1.807, 2.05) is 0 Å². The molecule has 136 valence electrons. The first-order valence-electron chi connectivity index (χ1n) is 7.56. The van der Waals surface area contributed by atoms with Gasteiger partial charge in [0, 0.05) is 25.8 Å². The molecule has 2 aromatic rings. The number of hydrogen-bond donors (Lipinski definition) is 1. The predicted molar refractivity (Wildman–Crippen MR) is 96.9 cm³/mol. The van der Waals surface area contributed by atoms with E-state index in [9.17, 15) is 13.2 Å². The molecular formula is C15H21N5O3S2. The Morgan fingerprint density at radius 3 is 2.48 bits per heavy atom. The lowest BCUT2D eigenvalue weighted by atomic mass is 10.3. The van der Waals surface area contributed by atoms with Crippen LogP contribution in [-0.2, 0) is 21.9 Å². The summed E-state index contributed by atoms with van der Waals surface area (Å²) in [5.41, 5.74) is 0.537. The van der Waals surface area contributed by atoms with E-state index in [1.54, 1.807) is 51.0 Å². The standard InChI is InChI=1S/C15H21N5O3S2/c1-11(2)20(4)25(22,23)13-7-5-12(6-8-13)17-14(21)9-24-15-18-16-10-19(15)3/h5-8,10-11H,9H2,1-4H3,(H,17,21). The van der Waals surface area contributed by atoms with Crippen LogP contribution in [0.3, 0.4) is 0 Å². The van der Waals surface area contributed by atoms with Crippen molar-refractivity contribution in [2.24, 2.45) is 7.05 Å². The van der Waals surface area contributed by atoms with Gasteiger partial charge < -0.3 is 9.88 Å². The van der Waals surface area contributed by atoms with Crippen LogP contribution in [0.15, 0.2) is 40.6 Å². The van der Waals surface area contributed by atoms with Crippen molar-refractivity contribution in [2.75, 3.05) is 18.1 Å². The third-order valence-electron chi connectivity index (χ3n) is 3.54. The van der Waals surface area contributed by atoms with Gasteiger partial charge in [-0.05, 0) is 38.1 Å². The molecule has 0 aliphatic carbocycles. The molecule has 0 atom stereocenters. The van der Waals surface area contributed by atoms with Gasteiger partial charge in [-0.15, -0.1) is 10.2 Å². The summed E-state index contributed by atoms with van der Waals surface area (Å²) in [6.07, 6.45) is 1.56. The van der Waals surface area contributed by atoms with Gasteiger partial charge >= 0.3 is 0 Å². The molecule has 25 heavy (non-hydrogen) atoms. The number of sulfonamides is 1. The Kier molecular flexibility index (Phi) is 6.20. The zero-order valence-electron chi connectivity index (χ0n) is 14.5. The van der Waals surface area contributed by atoms with Gasteiger partial charge in [-0.2, -0.15) is 4.31 Å². The predicted octanol–water partition coefficient (Wildman–Crippen LogP) is 1.57. The van der Waals surface area contributed by atoms with Crippen molar-refractivity contribution in [2.45, 2.75) is 29.9 Å². The molecule has 0 aliphatic rings. The van der Waals surface area contributed by atoms with Crippen LogP contribution in [0, 0.1) is 0 Å². The minimum absolute atomic E-state index is 0.137. The highest BCUT2D eigenvalue weighted by atomic mass is 32.2. The Balaban J connectivity index is 1.98. The molecule has 0 saturated heterocycles. The van der Waals surface area contributed by atoms with Crippen molar-refractivity contribution in [1.29, 1.82) is 0 Å². The maximum atomic E-state index is 12.4. The van der Waals surface area contributed by atoms with Gasteiger partial charge in [0.25, 0.3) is 0 Å². The molecule has 8 nitrogen and oxygen atoms in total. The van der Waals surface area contributed by atoms with Crippen LogP contribution in [0.5, 0.6) is 0 Å². The summed E-state index contributed by atoms with van der Waals surface area (Å²) in [7, 11) is -0.189. The van der Waals surface area contributed by atoms with Crippen LogP contribution in [0.1, 0.15) is 13.8 Å². The fourth-order valence-electron chi connectivity index (χ4n) is 1.88. The number of nitrogens with one attached hydrogen (secondary N) is 1. The van der Waals surface area contributed by atoms with Gasteiger partial charge in [-0.1, -0.05) is 11.8 Å². The summed E-state index contributed by atoms with van der Waals surface area (Å²) in [5.74, 6) is -0.0224. The normalized spacial score (nSPS) is 11.9. The zero-order valence-corrected chi connectivity index (χ0v) is 16.1. The van der Waals surface area contributed by atoms with Crippen molar-refractivity contribution in [3.05, 3.63) is 30.6 Å². The highest BCUT2D eigenvalue weighted by Gasteiger charge is 2.22. The van der Waals surface area contributed by atoms with Gasteiger partial charge in [0.05, 0.1) is 10.6 Å². The summed E-state index contributed by atoms with van der Waals surface area (Å²) in [6, 6.07) is 5.99. The van der Waals surface area contributed by atoms with Crippen molar-refractivity contribution >= 4 is 33.4 Å². The Bertz CT molecular complexity index is 831. The summed E-state index contributed by atoms with van der Waals surface area (Å²) < 4.78 is 27.8. The molecule has 0 spiro atoms. The Labute approximate surface area is 151 Å². The van der Waals surface area contributed by atoms with E-state index in [1.165, 1.54) is 28.2 Å². The maximum Gasteiger partial charge on any atom is 0.243 e. The molecule has 10 heteroatoms. The molecule has 0 aliphatic heterocycles. The van der Waals surface area contributed by atoms with E-state index < -0.39 is 10.0 Å². The quantitative estimate of drug-likeness (QED) is 0.729. The Morgan fingerprint density at radius 2 is 1.96 bits per heavy atom. The lowest BCUT2D eigenvalue weighted by Gasteiger charge is -2.21. The zero-order chi connectivity index (χ0) is 18.6. The molecule has 1 aromatic carbocycles. The molecule has 1 amide bonds. The van der Waals surface area contributed by atoms with Crippen molar-refractivity contribution < 1.29 is 13.2 Å². The molecule has 0 saturated carbocycles.